The van der Waals surface area contributed by atoms with Gasteiger partial charge in [-0.15, -0.1) is 6.58 Å². The van der Waals surface area contributed by atoms with Gasteiger partial charge in [0, 0.05) is 25.2 Å². The van der Waals surface area contributed by atoms with Crippen LogP contribution in [0.15, 0.2) is 36.9 Å². The Morgan fingerprint density at radius 2 is 2.06 bits per heavy atom. The van der Waals surface area contributed by atoms with E-state index >= 15 is 0 Å². The van der Waals surface area contributed by atoms with Crippen molar-refractivity contribution in [3.8, 4) is 0 Å². The van der Waals surface area contributed by atoms with Crippen molar-refractivity contribution < 1.29 is 9.90 Å². The average molecular weight is 248 g/mol. The van der Waals surface area contributed by atoms with E-state index in [1.165, 1.54) is 6.92 Å². The number of anilines is 1. The zero-order valence-corrected chi connectivity index (χ0v) is 10.8. The molecule has 18 heavy (non-hydrogen) atoms. The van der Waals surface area contributed by atoms with Crippen LogP contribution in [0.4, 0.5) is 5.69 Å². The van der Waals surface area contributed by atoms with Gasteiger partial charge in [0.2, 0.25) is 5.91 Å². The lowest BCUT2D eigenvalue weighted by molar-refractivity contribution is -0.114. The summed E-state index contributed by atoms with van der Waals surface area (Å²) in [5.74, 6) is -0.107. The molecule has 0 radical (unpaired) electrons. The highest BCUT2D eigenvalue weighted by atomic mass is 16.3. The Kier molecular flexibility index (Phi) is 5.55. The summed E-state index contributed by atoms with van der Waals surface area (Å²) in [6.45, 7) is 7.65. The molecule has 0 spiro atoms. The van der Waals surface area contributed by atoms with E-state index in [9.17, 15) is 9.90 Å². The van der Waals surface area contributed by atoms with Crippen molar-refractivity contribution in [3.63, 3.8) is 0 Å². The van der Waals surface area contributed by atoms with Crippen molar-refractivity contribution in [2.45, 2.75) is 26.0 Å². The minimum atomic E-state index is -0.587. The Balaban J connectivity index is 2.65. The van der Waals surface area contributed by atoms with Crippen molar-refractivity contribution in [1.82, 2.24) is 5.32 Å². The first-order valence-corrected chi connectivity index (χ1v) is 5.94. The van der Waals surface area contributed by atoms with Gasteiger partial charge in [0.1, 0.15) is 0 Å². The molecule has 98 valence electrons. The number of hydrogen-bond acceptors (Lipinski definition) is 3. The molecule has 1 aromatic rings. The lowest BCUT2D eigenvalue weighted by atomic mass is 10.0. The fraction of sp³-hybridized carbons (Fsp3) is 0.357. The normalized spacial score (nSPS) is 13.7. The van der Waals surface area contributed by atoms with Crippen LogP contribution in [0.1, 0.15) is 25.5 Å². The van der Waals surface area contributed by atoms with Crippen LogP contribution in [0.25, 0.3) is 0 Å². The standard InChI is InChI=1S/C14H20N2O2/c1-4-9-15-10(2)14(18)12-5-7-13(8-6-12)16-11(3)17/h4-8,10,14-15,18H,1,9H2,2-3H3,(H,16,17). The molecule has 4 nitrogen and oxygen atoms in total. The first-order chi connectivity index (χ1) is 8.54. The van der Waals surface area contributed by atoms with Gasteiger partial charge in [-0.05, 0) is 24.6 Å². The van der Waals surface area contributed by atoms with E-state index in [1.54, 1.807) is 18.2 Å². The number of benzene rings is 1. The molecule has 1 rings (SSSR count). The Morgan fingerprint density at radius 3 is 2.56 bits per heavy atom. The molecular formula is C14H20N2O2. The van der Waals surface area contributed by atoms with Crippen molar-refractivity contribution in [2.75, 3.05) is 11.9 Å². The molecule has 4 heteroatoms. The maximum absolute atomic E-state index is 10.9. The second kappa shape index (κ2) is 6.93. The monoisotopic (exact) mass is 248 g/mol. The number of carbonyl (C=O) groups is 1. The summed E-state index contributed by atoms with van der Waals surface area (Å²) in [7, 11) is 0. The molecule has 2 unspecified atom stereocenters. The van der Waals surface area contributed by atoms with Crippen LogP contribution in [0.3, 0.4) is 0 Å². The van der Waals surface area contributed by atoms with Crippen LogP contribution in [0.5, 0.6) is 0 Å². The number of aliphatic hydroxyl groups is 1. The molecule has 1 amide bonds. The fourth-order valence-electron chi connectivity index (χ4n) is 1.64. The Labute approximate surface area is 108 Å². The van der Waals surface area contributed by atoms with E-state index < -0.39 is 6.10 Å². The van der Waals surface area contributed by atoms with Gasteiger partial charge in [0.15, 0.2) is 0 Å². The van der Waals surface area contributed by atoms with Gasteiger partial charge in [-0.3, -0.25) is 4.79 Å². The first-order valence-electron chi connectivity index (χ1n) is 5.94. The number of nitrogens with one attached hydrogen (secondary N) is 2. The SMILES string of the molecule is C=CCNC(C)C(O)c1ccc(NC(C)=O)cc1. The number of rotatable bonds is 6. The molecule has 0 aliphatic rings. The zero-order valence-electron chi connectivity index (χ0n) is 10.8. The average Bonchev–Trinajstić information content (AvgIpc) is 2.35. The zero-order chi connectivity index (χ0) is 13.5. The van der Waals surface area contributed by atoms with Crippen molar-refractivity contribution in [3.05, 3.63) is 42.5 Å². The number of hydrogen-bond donors (Lipinski definition) is 3. The molecule has 0 aliphatic heterocycles. The highest BCUT2D eigenvalue weighted by molar-refractivity contribution is 5.88. The molecule has 0 saturated heterocycles. The lowest BCUT2D eigenvalue weighted by Crippen LogP contribution is -2.32. The topological polar surface area (TPSA) is 61.4 Å². The first kappa shape index (κ1) is 14.4. The summed E-state index contributed by atoms with van der Waals surface area (Å²) >= 11 is 0. The van der Waals surface area contributed by atoms with Gasteiger partial charge >= 0.3 is 0 Å². The van der Waals surface area contributed by atoms with Crippen molar-refractivity contribution in [2.24, 2.45) is 0 Å². The van der Waals surface area contributed by atoms with Crippen LogP contribution < -0.4 is 10.6 Å². The molecule has 1 aromatic carbocycles. The van der Waals surface area contributed by atoms with E-state index in [0.717, 1.165) is 11.3 Å². The summed E-state index contributed by atoms with van der Waals surface area (Å²) in [5, 5.41) is 15.9. The minimum Gasteiger partial charge on any atom is -0.387 e. The lowest BCUT2D eigenvalue weighted by Gasteiger charge is -2.20. The van der Waals surface area contributed by atoms with Crippen molar-refractivity contribution in [1.29, 1.82) is 0 Å². The third kappa shape index (κ3) is 4.31. The van der Waals surface area contributed by atoms with Gasteiger partial charge < -0.3 is 15.7 Å². The quantitative estimate of drug-likeness (QED) is 0.673. The second-order valence-corrected chi connectivity index (χ2v) is 4.23. The van der Waals surface area contributed by atoms with Crippen LogP contribution in [0, 0.1) is 0 Å². The van der Waals surface area contributed by atoms with E-state index in [1.807, 2.05) is 19.1 Å². The van der Waals surface area contributed by atoms with Gasteiger partial charge in [0.05, 0.1) is 6.10 Å². The van der Waals surface area contributed by atoms with Crippen LogP contribution in [0.2, 0.25) is 0 Å². The number of aliphatic hydroxyl groups excluding tert-OH is 1. The summed E-state index contributed by atoms with van der Waals surface area (Å²) in [4.78, 5) is 10.9. The predicted molar refractivity (Wildman–Crippen MR) is 73.4 cm³/mol. The van der Waals surface area contributed by atoms with Gasteiger partial charge in [-0.1, -0.05) is 18.2 Å². The number of carbonyl (C=O) groups excluding carboxylic acids is 1. The second-order valence-electron chi connectivity index (χ2n) is 4.23. The molecule has 0 aromatic heterocycles. The van der Waals surface area contributed by atoms with Gasteiger partial charge in [-0.2, -0.15) is 0 Å². The Bertz CT molecular complexity index is 401. The number of amides is 1. The maximum Gasteiger partial charge on any atom is 0.221 e. The van der Waals surface area contributed by atoms with Crippen molar-refractivity contribution >= 4 is 11.6 Å². The van der Waals surface area contributed by atoms with E-state index in [0.29, 0.717) is 6.54 Å². The third-order valence-corrected chi connectivity index (χ3v) is 2.63. The molecule has 3 N–H and O–H groups in total. The van der Waals surface area contributed by atoms with E-state index in [4.69, 9.17) is 0 Å². The Hall–Kier alpha value is -1.65. The molecular weight excluding hydrogens is 228 g/mol. The minimum absolute atomic E-state index is 0.0605. The van der Waals surface area contributed by atoms with Crippen LogP contribution >= 0.6 is 0 Å². The molecule has 2 atom stereocenters. The third-order valence-electron chi connectivity index (χ3n) is 2.63. The van der Waals surface area contributed by atoms with Crippen LogP contribution in [-0.2, 0) is 4.79 Å². The molecule has 0 bridgehead atoms. The predicted octanol–water partition coefficient (Wildman–Crippen LogP) is 1.84. The summed E-state index contributed by atoms with van der Waals surface area (Å²) < 4.78 is 0. The van der Waals surface area contributed by atoms with Crippen LogP contribution in [-0.4, -0.2) is 23.6 Å². The van der Waals surface area contributed by atoms with E-state index in [2.05, 4.69) is 17.2 Å². The Morgan fingerprint density at radius 1 is 1.44 bits per heavy atom. The highest BCUT2D eigenvalue weighted by Crippen LogP contribution is 2.19. The summed E-state index contributed by atoms with van der Waals surface area (Å²) in [6, 6.07) is 7.11. The fourth-order valence-corrected chi connectivity index (χ4v) is 1.64. The smallest absolute Gasteiger partial charge is 0.221 e. The molecule has 0 fully saturated rings. The molecule has 0 saturated carbocycles. The van der Waals surface area contributed by atoms with Gasteiger partial charge in [0.25, 0.3) is 0 Å². The summed E-state index contributed by atoms with van der Waals surface area (Å²) in [6.07, 6.45) is 1.17. The highest BCUT2D eigenvalue weighted by Gasteiger charge is 2.15. The summed E-state index contributed by atoms with van der Waals surface area (Å²) in [5.41, 5.74) is 1.54. The van der Waals surface area contributed by atoms with Gasteiger partial charge in [-0.25, -0.2) is 0 Å². The van der Waals surface area contributed by atoms with E-state index in [-0.39, 0.29) is 11.9 Å². The maximum atomic E-state index is 10.9. The molecule has 0 aliphatic carbocycles. The largest absolute Gasteiger partial charge is 0.387 e. The molecule has 0 heterocycles.